The molecule has 0 spiro atoms. The first kappa shape index (κ1) is 15.3. The van der Waals surface area contributed by atoms with Crippen molar-refractivity contribution in [1.82, 2.24) is 0 Å². The molecule has 0 saturated heterocycles. The van der Waals surface area contributed by atoms with E-state index in [-0.39, 0.29) is 16.0 Å². The topological polar surface area (TPSA) is 9.23 Å². The molecule has 2 aromatic rings. The molecule has 0 aliphatic rings. The molecule has 20 heavy (non-hydrogen) atoms. The summed E-state index contributed by atoms with van der Waals surface area (Å²) < 4.78 is 33.0. The van der Waals surface area contributed by atoms with Crippen LogP contribution >= 0.6 is 27.5 Å². The molecule has 0 fully saturated rings. The summed E-state index contributed by atoms with van der Waals surface area (Å²) in [5.41, 5.74) is 1.35. The van der Waals surface area contributed by atoms with Crippen molar-refractivity contribution in [3.63, 3.8) is 0 Å². The number of halogens is 4. The van der Waals surface area contributed by atoms with Gasteiger partial charge in [0.1, 0.15) is 17.4 Å². The monoisotopic (exact) mass is 360 g/mol. The summed E-state index contributed by atoms with van der Waals surface area (Å²) in [6.07, 6.45) is 0. The van der Waals surface area contributed by atoms with Gasteiger partial charge in [0.15, 0.2) is 0 Å². The quantitative estimate of drug-likeness (QED) is 0.668. The number of rotatable bonds is 3. The molecular formula is C15H12BrClF2O. The van der Waals surface area contributed by atoms with Crippen LogP contribution in [0.15, 0.2) is 34.8 Å². The van der Waals surface area contributed by atoms with E-state index in [1.807, 2.05) is 0 Å². The lowest BCUT2D eigenvalue weighted by atomic mass is 10.0. The van der Waals surface area contributed by atoms with Crippen molar-refractivity contribution in [3.8, 4) is 5.75 Å². The molecule has 0 bridgehead atoms. The lowest BCUT2D eigenvalue weighted by molar-refractivity contribution is 0.406. The molecule has 1 nitrogen and oxygen atoms in total. The third-order valence-corrected chi connectivity index (χ3v) is 4.12. The van der Waals surface area contributed by atoms with Crippen molar-refractivity contribution in [1.29, 1.82) is 0 Å². The first-order valence-corrected chi connectivity index (χ1v) is 7.10. The highest BCUT2D eigenvalue weighted by Crippen LogP contribution is 2.39. The van der Waals surface area contributed by atoms with Crippen LogP contribution in [0.3, 0.4) is 0 Å². The normalized spacial score (nSPS) is 12.3. The minimum atomic E-state index is -0.762. The fourth-order valence-corrected chi connectivity index (χ4v) is 2.65. The number of aryl methyl sites for hydroxylation is 1. The van der Waals surface area contributed by atoms with Crippen LogP contribution in [0.5, 0.6) is 5.75 Å². The highest BCUT2D eigenvalue weighted by Gasteiger charge is 2.21. The number of ether oxygens (including phenoxy) is 1. The highest BCUT2D eigenvalue weighted by atomic mass is 79.9. The van der Waals surface area contributed by atoms with Gasteiger partial charge >= 0.3 is 0 Å². The fourth-order valence-electron chi connectivity index (χ4n) is 1.95. The second kappa shape index (κ2) is 6.10. The van der Waals surface area contributed by atoms with Crippen LogP contribution in [0.2, 0.25) is 0 Å². The van der Waals surface area contributed by atoms with Crippen molar-refractivity contribution in [2.45, 2.75) is 12.3 Å². The van der Waals surface area contributed by atoms with Gasteiger partial charge in [-0.1, -0.05) is 18.2 Å². The second-order valence-corrected chi connectivity index (χ2v) is 5.64. The molecule has 1 unspecified atom stereocenters. The Labute approximate surface area is 129 Å². The summed E-state index contributed by atoms with van der Waals surface area (Å²) in [5, 5.41) is -0.762. The largest absolute Gasteiger partial charge is 0.496 e. The Balaban J connectivity index is 2.55. The zero-order valence-corrected chi connectivity index (χ0v) is 13.2. The van der Waals surface area contributed by atoms with Gasteiger partial charge in [-0.05, 0) is 34.5 Å². The van der Waals surface area contributed by atoms with E-state index in [0.717, 1.165) is 0 Å². The molecule has 0 amide bonds. The van der Waals surface area contributed by atoms with Crippen molar-refractivity contribution in [2.75, 3.05) is 7.11 Å². The zero-order chi connectivity index (χ0) is 14.9. The van der Waals surface area contributed by atoms with Gasteiger partial charge in [0, 0.05) is 17.2 Å². The number of methoxy groups -OCH3 is 1. The molecule has 5 heteroatoms. The first-order chi connectivity index (χ1) is 9.45. The van der Waals surface area contributed by atoms with Crippen molar-refractivity contribution in [2.24, 2.45) is 0 Å². The Kier molecular flexibility index (Phi) is 4.66. The van der Waals surface area contributed by atoms with E-state index in [1.165, 1.54) is 19.2 Å². The predicted octanol–water partition coefficient (Wildman–Crippen LogP) is 5.37. The van der Waals surface area contributed by atoms with Gasteiger partial charge in [-0.3, -0.25) is 0 Å². The number of benzene rings is 2. The van der Waals surface area contributed by atoms with E-state index in [1.54, 1.807) is 25.1 Å². The van der Waals surface area contributed by atoms with E-state index in [0.29, 0.717) is 16.7 Å². The lowest BCUT2D eigenvalue weighted by Gasteiger charge is -2.16. The number of alkyl halides is 1. The Morgan fingerprint density at radius 1 is 1.20 bits per heavy atom. The number of hydrogen-bond donors (Lipinski definition) is 0. The van der Waals surface area contributed by atoms with Gasteiger partial charge in [-0.25, -0.2) is 8.78 Å². The molecule has 0 saturated carbocycles. The third kappa shape index (κ3) is 2.81. The number of hydrogen-bond acceptors (Lipinski definition) is 1. The van der Waals surface area contributed by atoms with Crippen molar-refractivity contribution < 1.29 is 13.5 Å². The van der Waals surface area contributed by atoms with E-state index in [4.69, 9.17) is 16.3 Å². The van der Waals surface area contributed by atoms with Crippen LogP contribution in [0, 0.1) is 18.6 Å². The van der Waals surface area contributed by atoms with Crippen molar-refractivity contribution >= 4 is 27.5 Å². The van der Waals surface area contributed by atoms with E-state index in [9.17, 15) is 8.78 Å². The minimum absolute atomic E-state index is 0.256. The lowest BCUT2D eigenvalue weighted by Crippen LogP contribution is -2.02. The molecule has 106 valence electrons. The molecule has 2 rings (SSSR count). The fraction of sp³-hybridized carbons (Fsp3) is 0.200. The van der Waals surface area contributed by atoms with Crippen LogP contribution < -0.4 is 4.74 Å². The molecule has 2 aromatic carbocycles. The predicted molar refractivity (Wildman–Crippen MR) is 79.5 cm³/mol. The molecule has 0 aliphatic heterocycles. The maximum absolute atomic E-state index is 14.1. The SMILES string of the molecule is COc1cc(F)c(Br)cc1C(Cl)c1cccc(C)c1F. The summed E-state index contributed by atoms with van der Waals surface area (Å²) in [6, 6.07) is 7.74. The molecular weight excluding hydrogens is 350 g/mol. The molecule has 0 aromatic heterocycles. The summed E-state index contributed by atoms with van der Waals surface area (Å²) >= 11 is 9.45. The summed E-state index contributed by atoms with van der Waals surface area (Å²) in [7, 11) is 1.42. The maximum atomic E-state index is 14.1. The standard InChI is InChI=1S/C15H12BrClF2O/c1-8-4-3-5-9(15(8)19)14(17)10-6-11(16)12(18)7-13(10)20-2/h3-7,14H,1-2H3. The third-order valence-electron chi connectivity index (χ3n) is 3.04. The highest BCUT2D eigenvalue weighted by molar-refractivity contribution is 9.10. The van der Waals surface area contributed by atoms with Gasteiger partial charge < -0.3 is 4.74 Å². The average molecular weight is 362 g/mol. The van der Waals surface area contributed by atoms with Crippen LogP contribution in [-0.4, -0.2) is 7.11 Å². The van der Waals surface area contributed by atoms with Gasteiger partial charge in [0.25, 0.3) is 0 Å². The Hall–Kier alpha value is -1.13. The van der Waals surface area contributed by atoms with E-state index >= 15 is 0 Å². The first-order valence-electron chi connectivity index (χ1n) is 5.87. The van der Waals surface area contributed by atoms with Gasteiger partial charge in [0.05, 0.1) is 17.0 Å². The molecule has 0 radical (unpaired) electrons. The van der Waals surface area contributed by atoms with E-state index in [2.05, 4.69) is 15.9 Å². The Morgan fingerprint density at radius 3 is 2.55 bits per heavy atom. The minimum Gasteiger partial charge on any atom is -0.496 e. The Morgan fingerprint density at radius 2 is 1.90 bits per heavy atom. The van der Waals surface area contributed by atoms with Crippen LogP contribution in [-0.2, 0) is 0 Å². The second-order valence-electron chi connectivity index (χ2n) is 4.35. The average Bonchev–Trinajstić information content (AvgIpc) is 2.43. The van der Waals surface area contributed by atoms with Crippen molar-refractivity contribution in [3.05, 3.63) is 63.1 Å². The summed E-state index contributed by atoms with van der Waals surface area (Å²) in [5.74, 6) is -0.541. The van der Waals surface area contributed by atoms with Gasteiger partial charge in [-0.15, -0.1) is 11.6 Å². The van der Waals surface area contributed by atoms with Crippen LogP contribution in [0.25, 0.3) is 0 Å². The summed E-state index contributed by atoms with van der Waals surface area (Å²) in [4.78, 5) is 0. The molecule has 1 atom stereocenters. The van der Waals surface area contributed by atoms with Gasteiger partial charge in [-0.2, -0.15) is 0 Å². The van der Waals surface area contributed by atoms with Crippen LogP contribution in [0.4, 0.5) is 8.78 Å². The molecule has 0 heterocycles. The summed E-state index contributed by atoms with van der Waals surface area (Å²) in [6.45, 7) is 1.67. The van der Waals surface area contributed by atoms with Gasteiger partial charge in [0.2, 0.25) is 0 Å². The van der Waals surface area contributed by atoms with E-state index < -0.39 is 11.2 Å². The smallest absolute Gasteiger partial charge is 0.141 e. The van der Waals surface area contributed by atoms with Crippen LogP contribution in [0.1, 0.15) is 22.1 Å². The Bertz CT molecular complexity index is 646. The maximum Gasteiger partial charge on any atom is 0.141 e. The molecule has 0 N–H and O–H groups in total. The molecule has 0 aliphatic carbocycles. The zero-order valence-electron chi connectivity index (χ0n) is 10.9.